The number of hydrogen-bond donors (Lipinski definition) is 1. The normalized spacial score (nSPS) is 10.3. The summed E-state index contributed by atoms with van der Waals surface area (Å²) in [5.74, 6) is -0.645. The summed E-state index contributed by atoms with van der Waals surface area (Å²) in [5.41, 5.74) is -0.0371. The molecule has 0 atom stereocenters. The summed E-state index contributed by atoms with van der Waals surface area (Å²) in [5, 5.41) is 11.3. The Morgan fingerprint density at radius 3 is 2.45 bits per heavy atom. The molecule has 1 rings (SSSR count). The molecule has 0 fully saturated rings. The minimum absolute atomic E-state index is 0.0948. The minimum Gasteiger partial charge on any atom is -0.465 e. The lowest BCUT2D eigenvalue weighted by Gasteiger charge is -2.20. The van der Waals surface area contributed by atoms with Crippen LogP contribution in [0, 0.1) is 11.3 Å². The second-order valence-corrected chi connectivity index (χ2v) is 4.99. The molecule has 0 aliphatic carbocycles. The quantitative estimate of drug-likeness (QED) is 0.839. The van der Waals surface area contributed by atoms with Crippen molar-refractivity contribution in [3.8, 4) is 6.07 Å². The number of rotatable bonds is 2. The number of ether oxygens (including phenoxy) is 2. The number of hydrogen-bond acceptors (Lipinski definition) is 5. The van der Waals surface area contributed by atoms with Crippen LogP contribution in [-0.4, -0.2) is 24.8 Å². The van der Waals surface area contributed by atoms with Gasteiger partial charge in [0.05, 0.1) is 30.0 Å². The smallest absolute Gasteiger partial charge is 0.412 e. The predicted octanol–water partition coefficient (Wildman–Crippen LogP) is 2.69. The third kappa shape index (κ3) is 4.28. The Bertz CT molecular complexity index is 568. The van der Waals surface area contributed by atoms with E-state index in [9.17, 15) is 9.59 Å². The van der Waals surface area contributed by atoms with Crippen molar-refractivity contribution in [3.05, 3.63) is 29.3 Å². The van der Waals surface area contributed by atoms with Crippen LogP contribution >= 0.6 is 0 Å². The molecule has 0 spiro atoms. The molecule has 1 amide bonds. The molecule has 0 heterocycles. The average Bonchev–Trinajstić information content (AvgIpc) is 2.36. The van der Waals surface area contributed by atoms with E-state index in [4.69, 9.17) is 10.00 Å². The summed E-state index contributed by atoms with van der Waals surface area (Å²) in [6.07, 6.45) is -0.688. The van der Waals surface area contributed by atoms with E-state index in [0.29, 0.717) is 5.56 Å². The number of nitriles is 1. The van der Waals surface area contributed by atoms with Crippen LogP contribution in [0.2, 0.25) is 0 Å². The molecule has 0 radical (unpaired) electrons. The fraction of sp³-hybridized carbons (Fsp3) is 0.357. The summed E-state index contributed by atoms with van der Waals surface area (Å²) in [6, 6.07) is 6.20. The summed E-state index contributed by atoms with van der Waals surface area (Å²) in [7, 11) is 1.22. The van der Waals surface area contributed by atoms with Crippen LogP contribution in [0.15, 0.2) is 18.2 Å². The van der Waals surface area contributed by atoms with E-state index >= 15 is 0 Å². The van der Waals surface area contributed by atoms with E-state index in [1.807, 2.05) is 6.07 Å². The molecule has 1 aromatic rings. The number of amides is 1. The monoisotopic (exact) mass is 276 g/mol. The summed E-state index contributed by atoms with van der Waals surface area (Å²) in [4.78, 5) is 23.3. The zero-order valence-corrected chi connectivity index (χ0v) is 11.8. The third-order valence-electron chi connectivity index (χ3n) is 2.19. The molecule has 1 aromatic carbocycles. The number of esters is 1. The number of nitrogens with zero attached hydrogens (tertiary/aromatic N) is 1. The first kappa shape index (κ1) is 15.5. The van der Waals surface area contributed by atoms with E-state index in [1.54, 1.807) is 20.8 Å². The molecule has 6 nitrogen and oxygen atoms in total. The highest BCUT2D eigenvalue weighted by atomic mass is 16.6. The lowest BCUT2D eigenvalue weighted by atomic mass is 10.1. The Morgan fingerprint density at radius 2 is 1.95 bits per heavy atom. The van der Waals surface area contributed by atoms with E-state index in [1.165, 1.54) is 25.3 Å². The van der Waals surface area contributed by atoms with Crippen molar-refractivity contribution in [1.29, 1.82) is 5.26 Å². The number of carbonyl (C=O) groups excluding carboxylic acids is 2. The molecule has 106 valence electrons. The molecular weight excluding hydrogens is 260 g/mol. The first-order chi connectivity index (χ1) is 9.26. The van der Waals surface area contributed by atoms with Crippen molar-refractivity contribution in [1.82, 2.24) is 0 Å². The van der Waals surface area contributed by atoms with Crippen molar-refractivity contribution in [2.24, 2.45) is 0 Å². The van der Waals surface area contributed by atoms with Gasteiger partial charge in [0.1, 0.15) is 5.60 Å². The lowest BCUT2D eigenvalue weighted by Crippen LogP contribution is -2.27. The SMILES string of the molecule is COC(=O)c1cc(C#N)ccc1NC(=O)OC(C)(C)C. The van der Waals surface area contributed by atoms with Crippen LogP contribution in [0.1, 0.15) is 36.7 Å². The van der Waals surface area contributed by atoms with Crippen LogP contribution in [0.5, 0.6) is 0 Å². The van der Waals surface area contributed by atoms with Crippen LogP contribution < -0.4 is 5.32 Å². The molecule has 6 heteroatoms. The van der Waals surface area contributed by atoms with Gasteiger partial charge in [-0.25, -0.2) is 9.59 Å². The Morgan fingerprint density at radius 1 is 1.30 bits per heavy atom. The summed E-state index contributed by atoms with van der Waals surface area (Å²) in [6.45, 7) is 5.19. The molecule has 0 saturated heterocycles. The van der Waals surface area contributed by atoms with Gasteiger partial charge in [0.25, 0.3) is 0 Å². The van der Waals surface area contributed by atoms with Gasteiger partial charge < -0.3 is 9.47 Å². The molecule has 0 bridgehead atoms. The fourth-order valence-corrected chi connectivity index (χ4v) is 1.42. The maximum absolute atomic E-state index is 11.7. The first-order valence-corrected chi connectivity index (χ1v) is 5.89. The van der Waals surface area contributed by atoms with E-state index in [2.05, 4.69) is 10.1 Å². The Labute approximate surface area is 117 Å². The lowest BCUT2D eigenvalue weighted by molar-refractivity contribution is 0.0602. The maximum Gasteiger partial charge on any atom is 0.412 e. The van der Waals surface area contributed by atoms with Gasteiger partial charge in [0, 0.05) is 0 Å². The van der Waals surface area contributed by atoms with E-state index in [0.717, 1.165) is 0 Å². The topological polar surface area (TPSA) is 88.4 Å². The van der Waals surface area contributed by atoms with Crippen LogP contribution in [-0.2, 0) is 9.47 Å². The molecule has 0 aliphatic rings. The van der Waals surface area contributed by atoms with Crippen molar-refractivity contribution in [2.45, 2.75) is 26.4 Å². The number of benzene rings is 1. The van der Waals surface area contributed by atoms with Crippen molar-refractivity contribution in [2.75, 3.05) is 12.4 Å². The zero-order chi connectivity index (χ0) is 15.3. The van der Waals surface area contributed by atoms with Gasteiger partial charge in [-0.1, -0.05) is 0 Å². The fourth-order valence-electron chi connectivity index (χ4n) is 1.42. The van der Waals surface area contributed by atoms with Crippen LogP contribution in [0.4, 0.5) is 10.5 Å². The van der Waals surface area contributed by atoms with Crippen LogP contribution in [0.3, 0.4) is 0 Å². The van der Waals surface area contributed by atoms with Gasteiger partial charge in [-0.2, -0.15) is 5.26 Å². The summed E-state index contributed by atoms with van der Waals surface area (Å²) >= 11 is 0. The largest absolute Gasteiger partial charge is 0.465 e. The second kappa shape index (κ2) is 6.06. The average molecular weight is 276 g/mol. The highest BCUT2D eigenvalue weighted by Crippen LogP contribution is 2.19. The second-order valence-electron chi connectivity index (χ2n) is 4.99. The molecule has 0 aliphatic heterocycles. The highest BCUT2D eigenvalue weighted by molar-refractivity contribution is 6.00. The van der Waals surface area contributed by atoms with E-state index < -0.39 is 17.7 Å². The number of carbonyl (C=O) groups is 2. The zero-order valence-electron chi connectivity index (χ0n) is 11.8. The molecule has 0 saturated carbocycles. The van der Waals surface area contributed by atoms with Crippen molar-refractivity contribution in [3.63, 3.8) is 0 Å². The third-order valence-corrected chi connectivity index (χ3v) is 2.19. The van der Waals surface area contributed by atoms with Gasteiger partial charge in [-0.05, 0) is 39.0 Å². The van der Waals surface area contributed by atoms with Gasteiger partial charge in [0.2, 0.25) is 0 Å². The Hall–Kier alpha value is -2.55. The van der Waals surface area contributed by atoms with E-state index in [-0.39, 0.29) is 11.3 Å². The van der Waals surface area contributed by atoms with Crippen LogP contribution in [0.25, 0.3) is 0 Å². The first-order valence-electron chi connectivity index (χ1n) is 5.89. The number of nitrogens with one attached hydrogen (secondary N) is 1. The Kier molecular flexibility index (Phi) is 4.70. The maximum atomic E-state index is 11.7. The predicted molar refractivity (Wildman–Crippen MR) is 72.4 cm³/mol. The minimum atomic E-state index is -0.688. The highest BCUT2D eigenvalue weighted by Gasteiger charge is 2.19. The molecule has 0 aromatic heterocycles. The standard InChI is InChI=1S/C14H16N2O4/c1-14(2,3)20-13(18)16-11-6-5-9(8-15)7-10(11)12(17)19-4/h5-7H,1-4H3,(H,16,18). The van der Waals surface area contributed by atoms with Gasteiger partial charge in [-0.15, -0.1) is 0 Å². The van der Waals surface area contributed by atoms with Gasteiger partial charge in [0.15, 0.2) is 0 Å². The van der Waals surface area contributed by atoms with Gasteiger partial charge >= 0.3 is 12.1 Å². The Balaban J connectivity index is 3.03. The molecule has 20 heavy (non-hydrogen) atoms. The van der Waals surface area contributed by atoms with Crippen molar-refractivity contribution < 1.29 is 19.1 Å². The molecular formula is C14H16N2O4. The number of anilines is 1. The van der Waals surface area contributed by atoms with Gasteiger partial charge in [-0.3, -0.25) is 5.32 Å². The number of methoxy groups -OCH3 is 1. The molecule has 1 N–H and O–H groups in total. The molecule has 0 unspecified atom stereocenters. The summed E-state index contributed by atoms with van der Waals surface area (Å²) < 4.78 is 9.72. The van der Waals surface area contributed by atoms with Crippen molar-refractivity contribution >= 4 is 17.7 Å².